The van der Waals surface area contributed by atoms with E-state index < -0.39 is 0 Å². The Morgan fingerprint density at radius 2 is 0.718 bits per heavy atom. The number of benzene rings is 14. The molecule has 0 aliphatic rings. The lowest BCUT2D eigenvalue weighted by atomic mass is 9.92. The van der Waals surface area contributed by atoms with Crippen molar-refractivity contribution in [2.75, 3.05) is 0 Å². The number of rotatable bonds is 5. The van der Waals surface area contributed by atoms with Crippen LogP contribution in [0.1, 0.15) is 0 Å². The molecule has 0 radical (unpaired) electrons. The van der Waals surface area contributed by atoms with Gasteiger partial charge in [-0.1, -0.05) is 194 Å². The van der Waals surface area contributed by atoms with Gasteiger partial charge >= 0.3 is 0 Å². The lowest BCUT2D eigenvalue weighted by Crippen LogP contribution is -2.02. The molecule has 0 atom stereocenters. The maximum Gasteiger partial charge on any atom is 0.164 e. The van der Waals surface area contributed by atoms with Gasteiger partial charge in [0.1, 0.15) is 11.2 Å². The first-order chi connectivity index (χ1) is 38.7. The van der Waals surface area contributed by atoms with E-state index in [4.69, 9.17) is 19.4 Å². The van der Waals surface area contributed by atoms with Crippen molar-refractivity contribution in [3.8, 4) is 51.0 Å². The molecule has 0 unspecified atom stereocenters. The predicted octanol–water partition coefficient (Wildman–Crippen LogP) is 19.6. The molecule has 78 heavy (non-hydrogen) atoms. The summed E-state index contributed by atoms with van der Waals surface area (Å²) >= 11 is 0. The highest BCUT2D eigenvalue weighted by Gasteiger charge is 2.23. The summed E-state index contributed by atoms with van der Waals surface area (Å²) in [6.45, 7) is 0. The van der Waals surface area contributed by atoms with E-state index in [9.17, 15) is 0 Å². The first kappa shape index (κ1) is 42.8. The van der Waals surface area contributed by atoms with Gasteiger partial charge < -0.3 is 8.98 Å². The summed E-state index contributed by atoms with van der Waals surface area (Å²) in [5, 5.41) is 21.3. The molecule has 360 valence electrons. The second-order valence-electron chi connectivity index (χ2n) is 20.6. The van der Waals surface area contributed by atoms with Gasteiger partial charge in [-0.25, -0.2) is 15.0 Å². The minimum atomic E-state index is 0.571. The number of furan rings is 1. The predicted molar refractivity (Wildman–Crippen MR) is 326 cm³/mol. The Labute approximate surface area is 446 Å². The van der Waals surface area contributed by atoms with Crippen molar-refractivity contribution < 1.29 is 4.42 Å². The van der Waals surface area contributed by atoms with Gasteiger partial charge in [0.25, 0.3) is 0 Å². The molecule has 0 N–H and O–H groups in total. The molecule has 3 aromatic heterocycles. The Morgan fingerprint density at radius 1 is 0.256 bits per heavy atom. The monoisotopic (exact) mass is 990 g/mol. The van der Waals surface area contributed by atoms with Crippen molar-refractivity contribution in [3.63, 3.8) is 0 Å². The summed E-state index contributed by atoms with van der Waals surface area (Å²) in [7, 11) is 0. The van der Waals surface area contributed by atoms with Crippen molar-refractivity contribution >= 4 is 119 Å². The number of nitrogens with zero attached hydrogens (tertiary/aromatic N) is 4. The molecule has 17 aromatic rings. The van der Waals surface area contributed by atoms with Gasteiger partial charge in [-0.05, 0) is 147 Å². The van der Waals surface area contributed by atoms with E-state index in [-0.39, 0.29) is 0 Å². The zero-order chi connectivity index (χ0) is 51.0. The molecule has 0 fully saturated rings. The van der Waals surface area contributed by atoms with Crippen LogP contribution in [0.5, 0.6) is 0 Å². The highest BCUT2D eigenvalue weighted by atomic mass is 16.3. The number of hydrogen-bond acceptors (Lipinski definition) is 4. The summed E-state index contributed by atoms with van der Waals surface area (Å²) < 4.78 is 9.02. The summed E-state index contributed by atoms with van der Waals surface area (Å²) in [6, 6.07) is 91.8. The Morgan fingerprint density at radius 3 is 1.31 bits per heavy atom. The zero-order valence-corrected chi connectivity index (χ0v) is 41.9. The molecule has 17 rings (SSSR count). The average molecular weight is 991 g/mol. The second-order valence-corrected chi connectivity index (χ2v) is 20.6. The molecule has 0 bridgehead atoms. The van der Waals surface area contributed by atoms with Crippen molar-refractivity contribution in [1.82, 2.24) is 19.5 Å². The molecule has 0 saturated heterocycles. The van der Waals surface area contributed by atoms with E-state index in [2.05, 4.69) is 253 Å². The van der Waals surface area contributed by atoms with Crippen LogP contribution in [-0.2, 0) is 0 Å². The minimum Gasteiger partial charge on any atom is -0.456 e. The Bertz CT molecular complexity index is 5170. The van der Waals surface area contributed by atoms with E-state index in [1.807, 2.05) is 6.07 Å². The van der Waals surface area contributed by atoms with Crippen LogP contribution in [0.2, 0.25) is 0 Å². The van der Waals surface area contributed by atoms with E-state index in [0.29, 0.717) is 17.5 Å². The summed E-state index contributed by atoms with van der Waals surface area (Å²) in [5.74, 6) is 1.75. The molecule has 5 heteroatoms. The Balaban J connectivity index is 0.963. The fourth-order valence-electron chi connectivity index (χ4n) is 12.9. The molecular formula is C73H42N4O. The molecular weight excluding hydrogens is 949 g/mol. The van der Waals surface area contributed by atoms with Crippen LogP contribution in [0, 0.1) is 0 Å². The maximum absolute atomic E-state index is 6.61. The third-order valence-corrected chi connectivity index (χ3v) is 16.4. The summed E-state index contributed by atoms with van der Waals surface area (Å²) in [5.41, 5.74) is 9.64. The van der Waals surface area contributed by atoms with Gasteiger partial charge in [0.15, 0.2) is 17.5 Å². The third-order valence-electron chi connectivity index (χ3n) is 16.4. The van der Waals surface area contributed by atoms with E-state index in [1.54, 1.807) is 0 Å². The van der Waals surface area contributed by atoms with Gasteiger partial charge in [0.2, 0.25) is 0 Å². The van der Waals surface area contributed by atoms with Gasteiger partial charge in [0, 0.05) is 43.9 Å². The van der Waals surface area contributed by atoms with Crippen LogP contribution < -0.4 is 0 Å². The van der Waals surface area contributed by atoms with Crippen LogP contribution in [0.3, 0.4) is 0 Å². The second kappa shape index (κ2) is 16.5. The molecule has 14 aromatic carbocycles. The average Bonchev–Trinajstić information content (AvgIpc) is 4.23. The normalized spacial score (nSPS) is 12.1. The third kappa shape index (κ3) is 6.33. The van der Waals surface area contributed by atoms with Gasteiger partial charge in [-0.2, -0.15) is 0 Å². The van der Waals surface area contributed by atoms with Gasteiger partial charge in [0.05, 0.1) is 11.0 Å². The van der Waals surface area contributed by atoms with E-state index >= 15 is 0 Å². The van der Waals surface area contributed by atoms with Crippen LogP contribution in [0.15, 0.2) is 259 Å². The number of aromatic nitrogens is 4. The lowest BCUT2D eigenvalue weighted by molar-refractivity contribution is 0.669. The van der Waals surface area contributed by atoms with Crippen LogP contribution in [-0.4, -0.2) is 19.5 Å². The SMILES string of the molecule is c1ccc2cc3c(cc2c1)c1ccccc1n3-c1ccc(-c2nc(-c3ccc4c5ccccc5c5ccccc5c4c3)nc(-c3ccc4c5ccccc5c5ccccc5c4c3)n2)c(-c2cccc3oc4ccccc4c23)c1. The molecule has 0 amide bonds. The Hall–Kier alpha value is -10.5. The molecule has 0 saturated carbocycles. The summed E-state index contributed by atoms with van der Waals surface area (Å²) in [6.07, 6.45) is 0. The van der Waals surface area contributed by atoms with Crippen molar-refractivity contribution in [2.24, 2.45) is 0 Å². The highest BCUT2D eigenvalue weighted by molar-refractivity contribution is 6.27. The van der Waals surface area contributed by atoms with E-state index in [0.717, 1.165) is 77.2 Å². The van der Waals surface area contributed by atoms with Crippen molar-refractivity contribution in [2.45, 2.75) is 0 Å². The minimum absolute atomic E-state index is 0.571. The van der Waals surface area contributed by atoms with Crippen LogP contribution in [0.4, 0.5) is 0 Å². The smallest absolute Gasteiger partial charge is 0.164 e. The highest BCUT2D eigenvalue weighted by Crippen LogP contribution is 2.45. The molecule has 0 aliphatic carbocycles. The van der Waals surface area contributed by atoms with Crippen LogP contribution >= 0.6 is 0 Å². The zero-order valence-electron chi connectivity index (χ0n) is 41.9. The van der Waals surface area contributed by atoms with Gasteiger partial charge in [-0.3, -0.25) is 0 Å². The lowest BCUT2D eigenvalue weighted by Gasteiger charge is -2.17. The largest absolute Gasteiger partial charge is 0.456 e. The molecule has 0 spiro atoms. The Kier molecular flexibility index (Phi) is 9.06. The number of fused-ring (bicyclic) bond motifs is 19. The van der Waals surface area contributed by atoms with Crippen molar-refractivity contribution in [3.05, 3.63) is 255 Å². The standard InChI is InChI=1S/C73H42N4O/c1-2-17-44-41-67-65(38-43(44)16-1)58-26-11-13-29-66(58)77(67)47-34-37-60(64(42-47)59-28-15-31-69-70(59)61-27-12-14-30-68(61)78-69)73-75-71(45-32-35-56-52-22-5-3-18-48(52)50-20-7-9-24-54(50)62(56)39-45)74-72(76-73)46-33-36-57-53-23-6-4-19-49(53)51-21-8-10-25-55(51)63(57)40-46/h1-42H. The van der Waals surface area contributed by atoms with E-state index in [1.165, 1.54) is 75.4 Å². The molecule has 5 nitrogen and oxygen atoms in total. The van der Waals surface area contributed by atoms with Crippen molar-refractivity contribution in [1.29, 1.82) is 0 Å². The fraction of sp³-hybridized carbons (Fsp3) is 0. The molecule has 3 heterocycles. The number of para-hydroxylation sites is 2. The fourth-order valence-corrected chi connectivity index (χ4v) is 12.9. The first-order valence-corrected chi connectivity index (χ1v) is 26.6. The van der Waals surface area contributed by atoms with Gasteiger partial charge in [-0.15, -0.1) is 0 Å². The first-order valence-electron chi connectivity index (χ1n) is 26.6. The summed E-state index contributed by atoms with van der Waals surface area (Å²) in [4.78, 5) is 16.7. The van der Waals surface area contributed by atoms with Crippen LogP contribution in [0.25, 0.3) is 170 Å². The topological polar surface area (TPSA) is 56.7 Å². The maximum atomic E-state index is 6.61. The number of hydrogen-bond donors (Lipinski definition) is 0. The molecule has 0 aliphatic heterocycles. The quantitative estimate of drug-likeness (QED) is 0.161.